The van der Waals surface area contributed by atoms with E-state index in [1.165, 1.54) is 0 Å². The van der Waals surface area contributed by atoms with Crippen LogP contribution in [0.3, 0.4) is 0 Å². The zero-order chi connectivity index (χ0) is 17.1. The van der Waals surface area contributed by atoms with Gasteiger partial charge in [-0.3, -0.25) is 4.79 Å². The van der Waals surface area contributed by atoms with Crippen LogP contribution >= 0.6 is 0 Å². The highest BCUT2D eigenvalue weighted by molar-refractivity contribution is 5.88. The summed E-state index contributed by atoms with van der Waals surface area (Å²) in [6, 6.07) is 0. The summed E-state index contributed by atoms with van der Waals surface area (Å²) in [4.78, 5) is 22.9. The van der Waals surface area contributed by atoms with E-state index in [1.807, 2.05) is 4.68 Å². The smallest absolute Gasteiger partial charge is 0.311 e. The van der Waals surface area contributed by atoms with Crippen LogP contribution in [-0.4, -0.2) is 43.9 Å². The summed E-state index contributed by atoms with van der Waals surface area (Å²) in [5.41, 5.74) is 0.0167. The van der Waals surface area contributed by atoms with Gasteiger partial charge in [-0.2, -0.15) is 5.10 Å². The highest BCUT2D eigenvalue weighted by Gasteiger charge is 2.55. The Bertz CT molecular complexity index is 809. The molecule has 0 unspecified atom stereocenters. The van der Waals surface area contributed by atoms with Crippen LogP contribution in [0.1, 0.15) is 40.0 Å². The van der Waals surface area contributed by atoms with Crippen molar-refractivity contribution < 1.29 is 9.90 Å². The Labute approximate surface area is 140 Å². The number of fused-ring (bicyclic) bond motifs is 2. The third kappa shape index (κ3) is 2.03. The summed E-state index contributed by atoms with van der Waals surface area (Å²) in [5, 5.41) is 15.2. The molecule has 24 heavy (non-hydrogen) atoms. The normalized spacial score (nSPS) is 27.0. The van der Waals surface area contributed by atoms with E-state index in [1.54, 1.807) is 12.5 Å². The van der Waals surface area contributed by atoms with Crippen molar-refractivity contribution in [3.8, 4) is 0 Å². The van der Waals surface area contributed by atoms with Gasteiger partial charge in [0.05, 0.1) is 22.5 Å². The van der Waals surface area contributed by atoms with Crippen molar-refractivity contribution in [3.05, 3.63) is 12.5 Å². The molecule has 1 saturated heterocycles. The molecule has 0 amide bonds. The van der Waals surface area contributed by atoms with E-state index in [0.717, 1.165) is 42.7 Å². The topological polar surface area (TPSA) is 84.1 Å². The molecule has 128 valence electrons. The Hall–Kier alpha value is -2.18. The minimum atomic E-state index is -0.664. The number of carboxylic acid groups (broad SMARTS) is 1. The number of carbonyl (C=O) groups is 1. The summed E-state index contributed by atoms with van der Waals surface area (Å²) >= 11 is 0. The lowest BCUT2D eigenvalue weighted by atomic mass is 9.81. The number of nitrogens with zero attached hydrogens (tertiary/aromatic N) is 5. The van der Waals surface area contributed by atoms with Crippen LogP contribution in [0.25, 0.3) is 11.0 Å². The van der Waals surface area contributed by atoms with Crippen molar-refractivity contribution in [3.63, 3.8) is 0 Å². The first-order chi connectivity index (χ1) is 11.3. The molecule has 7 nitrogen and oxygen atoms in total. The lowest BCUT2D eigenvalue weighted by molar-refractivity contribution is -0.149. The number of hydrogen-bond acceptors (Lipinski definition) is 5. The van der Waals surface area contributed by atoms with Crippen LogP contribution in [0, 0.1) is 11.3 Å². The summed E-state index contributed by atoms with van der Waals surface area (Å²) in [5.74, 6) is 0.353. The van der Waals surface area contributed by atoms with Crippen LogP contribution in [0.15, 0.2) is 12.5 Å². The molecule has 1 saturated carbocycles. The molecule has 3 heterocycles. The maximum absolute atomic E-state index is 11.9. The fraction of sp³-hybridized carbons (Fsp3) is 0.647. The highest BCUT2D eigenvalue weighted by Crippen LogP contribution is 2.50. The minimum absolute atomic E-state index is 0.169. The van der Waals surface area contributed by atoms with E-state index in [0.29, 0.717) is 6.54 Å². The van der Waals surface area contributed by atoms with Crippen molar-refractivity contribution in [2.75, 3.05) is 18.0 Å². The van der Waals surface area contributed by atoms with Gasteiger partial charge in [0.15, 0.2) is 5.65 Å². The van der Waals surface area contributed by atoms with Gasteiger partial charge >= 0.3 is 5.97 Å². The molecule has 1 N–H and O–H groups in total. The summed E-state index contributed by atoms with van der Waals surface area (Å²) in [6.07, 6.45) is 6.11. The largest absolute Gasteiger partial charge is 0.481 e. The van der Waals surface area contributed by atoms with Gasteiger partial charge < -0.3 is 10.0 Å². The predicted octanol–water partition coefficient (Wildman–Crippen LogP) is 2.27. The molecule has 0 bridgehead atoms. The van der Waals surface area contributed by atoms with Gasteiger partial charge in [0.1, 0.15) is 12.1 Å². The van der Waals surface area contributed by atoms with Crippen molar-refractivity contribution >= 4 is 22.8 Å². The molecule has 2 fully saturated rings. The van der Waals surface area contributed by atoms with Crippen molar-refractivity contribution in [2.24, 2.45) is 11.3 Å². The average molecular weight is 329 g/mol. The number of aliphatic carboxylic acids is 1. The molecule has 7 heteroatoms. The zero-order valence-electron chi connectivity index (χ0n) is 14.4. The zero-order valence-corrected chi connectivity index (χ0v) is 14.4. The van der Waals surface area contributed by atoms with Gasteiger partial charge in [0.25, 0.3) is 0 Å². The van der Waals surface area contributed by atoms with E-state index in [-0.39, 0.29) is 11.5 Å². The van der Waals surface area contributed by atoms with E-state index in [4.69, 9.17) is 0 Å². The first-order valence-corrected chi connectivity index (χ1v) is 8.50. The van der Waals surface area contributed by atoms with Gasteiger partial charge in [-0.1, -0.05) is 6.42 Å². The van der Waals surface area contributed by atoms with Crippen LogP contribution < -0.4 is 4.90 Å². The second-order valence-corrected chi connectivity index (χ2v) is 8.09. The molecular weight excluding hydrogens is 306 g/mol. The van der Waals surface area contributed by atoms with Gasteiger partial charge in [0, 0.05) is 13.1 Å². The van der Waals surface area contributed by atoms with E-state index in [9.17, 15) is 9.90 Å². The van der Waals surface area contributed by atoms with Gasteiger partial charge in [-0.05, 0) is 39.5 Å². The van der Waals surface area contributed by atoms with E-state index < -0.39 is 11.4 Å². The predicted molar refractivity (Wildman–Crippen MR) is 89.9 cm³/mol. The lowest BCUT2D eigenvalue weighted by Crippen LogP contribution is -2.35. The van der Waals surface area contributed by atoms with Gasteiger partial charge in [-0.25, -0.2) is 14.6 Å². The minimum Gasteiger partial charge on any atom is -0.481 e. The second-order valence-electron chi connectivity index (χ2n) is 8.09. The molecule has 2 aromatic heterocycles. The molecule has 0 spiro atoms. The molecule has 0 radical (unpaired) electrons. The quantitative estimate of drug-likeness (QED) is 0.910. The van der Waals surface area contributed by atoms with Crippen LogP contribution in [0.2, 0.25) is 0 Å². The van der Waals surface area contributed by atoms with E-state index in [2.05, 4.69) is 40.7 Å². The van der Waals surface area contributed by atoms with Gasteiger partial charge in [-0.15, -0.1) is 0 Å². The van der Waals surface area contributed by atoms with E-state index >= 15 is 0 Å². The summed E-state index contributed by atoms with van der Waals surface area (Å²) in [6.45, 7) is 7.53. The van der Waals surface area contributed by atoms with Crippen LogP contribution in [0.5, 0.6) is 0 Å². The third-order valence-corrected chi connectivity index (χ3v) is 5.58. The van der Waals surface area contributed by atoms with Gasteiger partial charge in [0.2, 0.25) is 0 Å². The summed E-state index contributed by atoms with van der Waals surface area (Å²) in [7, 11) is 0. The Morgan fingerprint density at radius 2 is 2.17 bits per heavy atom. The van der Waals surface area contributed by atoms with Crippen LogP contribution in [0.4, 0.5) is 5.82 Å². The SMILES string of the molecule is CC(C)(C)n1ncc2c(N3C[C@@H]4CCC[C@@]4(C(=O)O)C3)ncnc21. The second kappa shape index (κ2) is 4.91. The molecule has 2 atom stereocenters. The summed E-state index contributed by atoms with van der Waals surface area (Å²) < 4.78 is 1.90. The van der Waals surface area contributed by atoms with Crippen LogP contribution in [-0.2, 0) is 10.3 Å². The number of aromatic nitrogens is 4. The number of carboxylic acids is 1. The maximum atomic E-state index is 11.9. The Morgan fingerprint density at radius 1 is 1.38 bits per heavy atom. The molecule has 2 aliphatic rings. The Morgan fingerprint density at radius 3 is 2.83 bits per heavy atom. The lowest BCUT2D eigenvalue weighted by Gasteiger charge is -2.24. The number of rotatable bonds is 2. The molecule has 0 aromatic carbocycles. The number of anilines is 1. The molecule has 1 aliphatic carbocycles. The maximum Gasteiger partial charge on any atom is 0.311 e. The fourth-order valence-corrected chi connectivity index (χ4v) is 4.37. The average Bonchev–Trinajstić information content (AvgIpc) is 3.17. The number of hydrogen-bond donors (Lipinski definition) is 1. The highest BCUT2D eigenvalue weighted by atomic mass is 16.4. The fourth-order valence-electron chi connectivity index (χ4n) is 4.37. The monoisotopic (exact) mass is 329 g/mol. The van der Waals surface area contributed by atoms with Crippen molar-refractivity contribution in [1.29, 1.82) is 0 Å². The molecule has 1 aliphatic heterocycles. The first-order valence-electron chi connectivity index (χ1n) is 8.50. The standard InChI is InChI=1S/C17H23N5O2/c1-16(2,3)22-14-12(7-20-22)13(18-10-19-14)21-8-11-5-4-6-17(11,9-21)15(23)24/h7,10-11H,4-6,8-9H2,1-3H3,(H,23,24)/t11-,17+/m0/s1. The Balaban J connectivity index is 1.76. The molecule has 4 rings (SSSR count). The first kappa shape index (κ1) is 15.4. The molecule has 2 aromatic rings. The third-order valence-electron chi connectivity index (χ3n) is 5.58. The molecular formula is C17H23N5O2. The van der Waals surface area contributed by atoms with Crippen molar-refractivity contribution in [2.45, 2.75) is 45.6 Å². The van der Waals surface area contributed by atoms with Crippen molar-refractivity contribution in [1.82, 2.24) is 19.7 Å². The Kier molecular flexibility index (Phi) is 3.14.